The van der Waals surface area contributed by atoms with E-state index in [4.69, 9.17) is 27.9 Å². The Morgan fingerprint density at radius 2 is 1.85 bits per heavy atom. The number of halogens is 2. The number of ether oxygens (including phenoxy) is 1. The molecule has 1 N–H and O–H groups in total. The van der Waals surface area contributed by atoms with Crippen LogP contribution in [-0.2, 0) is 14.8 Å². The Bertz CT molecular complexity index is 930. The fraction of sp³-hybridized carbons (Fsp3) is 0.235. The van der Waals surface area contributed by atoms with Crippen molar-refractivity contribution in [1.29, 1.82) is 0 Å². The molecule has 140 valence electrons. The maximum absolute atomic E-state index is 12.2. The van der Waals surface area contributed by atoms with Crippen LogP contribution in [0.2, 0.25) is 10.0 Å². The molecule has 2 rings (SSSR count). The normalized spacial score (nSPS) is 11.5. The van der Waals surface area contributed by atoms with E-state index >= 15 is 0 Å². The smallest absolute Gasteiger partial charge is 0.262 e. The third-order valence-corrected chi connectivity index (χ3v) is 5.87. The number of amides is 1. The first-order chi connectivity index (χ1) is 12.1. The number of nitrogens with zero attached hydrogens (tertiary/aromatic N) is 1. The maximum Gasteiger partial charge on any atom is 0.262 e. The van der Waals surface area contributed by atoms with Gasteiger partial charge in [-0.1, -0.05) is 29.3 Å². The molecule has 0 atom stereocenters. The Morgan fingerprint density at radius 1 is 1.15 bits per heavy atom. The van der Waals surface area contributed by atoms with Crippen LogP contribution < -0.4 is 10.1 Å². The quantitative estimate of drug-likeness (QED) is 0.780. The summed E-state index contributed by atoms with van der Waals surface area (Å²) in [6, 6.07) is 9.21. The molecule has 2 aromatic rings. The van der Waals surface area contributed by atoms with Crippen molar-refractivity contribution in [3.63, 3.8) is 0 Å². The number of carbonyl (C=O) groups excluding carboxylic acids is 1. The molecule has 0 saturated heterocycles. The van der Waals surface area contributed by atoms with Gasteiger partial charge in [0, 0.05) is 30.9 Å². The lowest BCUT2D eigenvalue weighted by Gasteiger charge is -2.15. The topological polar surface area (TPSA) is 75.7 Å². The Kier molecular flexibility index (Phi) is 6.52. The third kappa shape index (κ3) is 4.88. The van der Waals surface area contributed by atoms with E-state index in [-0.39, 0.29) is 17.3 Å². The molecule has 0 aliphatic heterocycles. The highest BCUT2D eigenvalue weighted by atomic mass is 35.5. The molecule has 0 bridgehead atoms. The Morgan fingerprint density at radius 3 is 2.50 bits per heavy atom. The molecule has 0 saturated carbocycles. The van der Waals surface area contributed by atoms with Crippen LogP contribution in [-0.4, -0.2) is 39.3 Å². The zero-order valence-corrected chi connectivity index (χ0v) is 16.7. The highest BCUT2D eigenvalue weighted by Crippen LogP contribution is 2.28. The molecule has 26 heavy (non-hydrogen) atoms. The van der Waals surface area contributed by atoms with E-state index in [0.717, 1.165) is 9.87 Å². The third-order valence-electron chi connectivity index (χ3n) is 3.51. The van der Waals surface area contributed by atoms with Gasteiger partial charge >= 0.3 is 0 Å². The number of hydrogen-bond donors (Lipinski definition) is 1. The van der Waals surface area contributed by atoms with Gasteiger partial charge in [0.2, 0.25) is 10.0 Å². The summed E-state index contributed by atoms with van der Waals surface area (Å²) in [6.07, 6.45) is 0. The van der Waals surface area contributed by atoms with Gasteiger partial charge in [0.15, 0.2) is 6.61 Å². The molecular weight excluding hydrogens is 399 g/mol. The SMILES string of the molecule is Cc1ccc(S(=O)(=O)N(C)C)cc1NC(=O)COc1cc(Cl)ccc1Cl. The second-order valence-electron chi connectivity index (χ2n) is 5.68. The number of aryl methyl sites for hydroxylation is 1. The molecule has 1 amide bonds. The van der Waals surface area contributed by atoms with E-state index in [1.807, 2.05) is 0 Å². The number of anilines is 1. The van der Waals surface area contributed by atoms with Crippen LogP contribution in [0.5, 0.6) is 5.75 Å². The van der Waals surface area contributed by atoms with Gasteiger partial charge in [-0.05, 0) is 36.8 Å². The first-order valence-corrected chi connectivity index (χ1v) is 9.71. The van der Waals surface area contributed by atoms with Gasteiger partial charge < -0.3 is 10.1 Å². The number of nitrogens with one attached hydrogen (secondary N) is 1. The second-order valence-corrected chi connectivity index (χ2v) is 8.67. The molecule has 0 radical (unpaired) electrons. The summed E-state index contributed by atoms with van der Waals surface area (Å²) in [4.78, 5) is 12.2. The molecule has 0 unspecified atom stereocenters. The van der Waals surface area contributed by atoms with Crippen LogP contribution in [0, 0.1) is 6.92 Å². The van der Waals surface area contributed by atoms with Crippen molar-refractivity contribution >= 4 is 44.8 Å². The molecular formula is C17H18Cl2N2O4S. The van der Waals surface area contributed by atoms with Gasteiger partial charge in [0.05, 0.1) is 9.92 Å². The molecule has 0 fully saturated rings. The van der Waals surface area contributed by atoms with Gasteiger partial charge in [-0.2, -0.15) is 0 Å². The monoisotopic (exact) mass is 416 g/mol. The Labute approximate surface area is 162 Å². The lowest BCUT2D eigenvalue weighted by Crippen LogP contribution is -2.23. The average molecular weight is 417 g/mol. The lowest BCUT2D eigenvalue weighted by molar-refractivity contribution is -0.118. The van der Waals surface area contributed by atoms with Crippen LogP contribution in [0.4, 0.5) is 5.69 Å². The highest BCUT2D eigenvalue weighted by molar-refractivity contribution is 7.89. The summed E-state index contributed by atoms with van der Waals surface area (Å²) in [5.41, 5.74) is 1.11. The number of rotatable bonds is 6. The summed E-state index contributed by atoms with van der Waals surface area (Å²) in [6.45, 7) is 1.46. The molecule has 0 aliphatic rings. The second kappa shape index (κ2) is 8.26. The van der Waals surface area contributed by atoms with Crippen LogP contribution >= 0.6 is 23.2 Å². The summed E-state index contributed by atoms with van der Waals surface area (Å²) < 4.78 is 30.9. The zero-order valence-electron chi connectivity index (χ0n) is 14.4. The van der Waals surface area contributed by atoms with Crippen molar-refractivity contribution in [2.75, 3.05) is 26.0 Å². The maximum atomic E-state index is 12.2. The van der Waals surface area contributed by atoms with E-state index in [1.54, 1.807) is 25.1 Å². The van der Waals surface area contributed by atoms with Crippen molar-refractivity contribution in [2.45, 2.75) is 11.8 Å². The summed E-state index contributed by atoms with van der Waals surface area (Å²) in [7, 11) is -0.718. The largest absolute Gasteiger partial charge is 0.482 e. The van der Waals surface area contributed by atoms with Crippen molar-refractivity contribution in [2.24, 2.45) is 0 Å². The lowest BCUT2D eigenvalue weighted by atomic mass is 10.2. The molecule has 9 heteroatoms. The van der Waals surface area contributed by atoms with Crippen LogP contribution in [0.25, 0.3) is 0 Å². The van der Waals surface area contributed by atoms with Gasteiger partial charge in [-0.15, -0.1) is 0 Å². The van der Waals surface area contributed by atoms with Crippen molar-refractivity contribution in [3.8, 4) is 5.75 Å². The summed E-state index contributed by atoms with van der Waals surface area (Å²) >= 11 is 11.8. The average Bonchev–Trinajstić information content (AvgIpc) is 2.57. The fourth-order valence-corrected chi connectivity index (χ4v) is 3.29. The first kappa shape index (κ1) is 20.5. The molecule has 0 heterocycles. The minimum Gasteiger partial charge on any atom is -0.482 e. The predicted octanol–water partition coefficient (Wildman–Crippen LogP) is 3.57. The molecule has 0 aliphatic carbocycles. The van der Waals surface area contributed by atoms with Crippen molar-refractivity contribution in [3.05, 3.63) is 52.0 Å². The predicted molar refractivity (Wildman–Crippen MR) is 103 cm³/mol. The van der Waals surface area contributed by atoms with Crippen molar-refractivity contribution < 1.29 is 17.9 Å². The van der Waals surface area contributed by atoms with Gasteiger partial charge in [0.1, 0.15) is 5.75 Å². The molecule has 0 aromatic heterocycles. The number of hydrogen-bond acceptors (Lipinski definition) is 4. The van der Waals surface area contributed by atoms with Crippen LogP contribution in [0.3, 0.4) is 0 Å². The van der Waals surface area contributed by atoms with Gasteiger partial charge in [-0.25, -0.2) is 12.7 Å². The van der Waals surface area contributed by atoms with E-state index < -0.39 is 15.9 Å². The molecule has 2 aromatic carbocycles. The standard InChI is InChI=1S/C17H18Cl2N2O4S/c1-11-4-6-13(26(23,24)21(2)3)9-15(11)20-17(22)10-25-16-8-12(18)5-7-14(16)19/h4-9H,10H2,1-3H3,(H,20,22). The van der Waals surface area contributed by atoms with Gasteiger partial charge in [0.25, 0.3) is 5.91 Å². The Hall–Kier alpha value is -1.80. The first-order valence-electron chi connectivity index (χ1n) is 7.52. The van der Waals surface area contributed by atoms with Crippen LogP contribution in [0.15, 0.2) is 41.3 Å². The van der Waals surface area contributed by atoms with Crippen LogP contribution in [0.1, 0.15) is 5.56 Å². The minimum absolute atomic E-state index is 0.0854. The van der Waals surface area contributed by atoms with E-state index in [0.29, 0.717) is 15.7 Å². The van der Waals surface area contributed by atoms with E-state index in [1.165, 1.54) is 32.3 Å². The zero-order chi connectivity index (χ0) is 19.5. The summed E-state index contributed by atoms with van der Waals surface area (Å²) in [5, 5.41) is 3.41. The van der Waals surface area contributed by atoms with E-state index in [9.17, 15) is 13.2 Å². The minimum atomic E-state index is -3.60. The number of sulfonamides is 1. The summed E-state index contributed by atoms with van der Waals surface area (Å²) in [5.74, 6) is -0.168. The van der Waals surface area contributed by atoms with E-state index in [2.05, 4.69) is 5.32 Å². The number of benzene rings is 2. The fourth-order valence-electron chi connectivity index (χ4n) is 2.02. The highest BCUT2D eigenvalue weighted by Gasteiger charge is 2.19. The molecule has 0 spiro atoms. The van der Waals surface area contributed by atoms with Gasteiger partial charge in [-0.3, -0.25) is 4.79 Å². The molecule has 6 nitrogen and oxygen atoms in total. The number of carbonyl (C=O) groups is 1. The van der Waals surface area contributed by atoms with Crippen molar-refractivity contribution in [1.82, 2.24) is 4.31 Å². The Balaban J connectivity index is 2.12.